The van der Waals surface area contributed by atoms with E-state index in [1.165, 1.54) is 6.07 Å². The number of hydrogen-bond donors (Lipinski definition) is 1. The molecule has 5 heteroatoms. The summed E-state index contributed by atoms with van der Waals surface area (Å²) in [5, 5.41) is 0.462. The van der Waals surface area contributed by atoms with Gasteiger partial charge in [0.2, 0.25) is 0 Å². The Morgan fingerprint density at radius 3 is 2.47 bits per heavy atom. The summed E-state index contributed by atoms with van der Waals surface area (Å²) in [6.07, 6.45) is 0. The molecule has 0 radical (unpaired) electrons. The normalized spacial score (nSPS) is 12.3. The van der Waals surface area contributed by atoms with Gasteiger partial charge in [0.15, 0.2) is 0 Å². The van der Waals surface area contributed by atoms with Crippen LogP contribution in [0.3, 0.4) is 0 Å². The van der Waals surface area contributed by atoms with Crippen molar-refractivity contribution in [3.63, 3.8) is 0 Å². The highest BCUT2D eigenvalue weighted by molar-refractivity contribution is 6.31. The molecule has 0 aliphatic rings. The summed E-state index contributed by atoms with van der Waals surface area (Å²) in [7, 11) is 1.54. The first-order valence-corrected chi connectivity index (χ1v) is 6.33. The predicted octanol–water partition coefficient (Wildman–Crippen LogP) is 4.19. The summed E-state index contributed by atoms with van der Waals surface area (Å²) in [6, 6.07) is 9.11. The number of hydrogen-bond acceptors (Lipinski definition) is 2. The molecule has 1 unspecified atom stereocenters. The second kappa shape index (κ2) is 5.78. The molecule has 2 rings (SSSR count). The van der Waals surface area contributed by atoms with Gasteiger partial charge in [-0.2, -0.15) is 0 Å². The van der Waals surface area contributed by atoms with Gasteiger partial charge in [0.05, 0.1) is 18.2 Å². The Kier molecular flexibility index (Phi) is 4.30. The van der Waals surface area contributed by atoms with Gasteiger partial charge in [0.25, 0.3) is 0 Å². The van der Waals surface area contributed by atoms with Crippen LogP contribution in [0.25, 0.3) is 0 Å². The minimum Gasteiger partial charge on any atom is -0.497 e. The number of rotatable bonds is 3. The van der Waals surface area contributed by atoms with Gasteiger partial charge in [-0.25, -0.2) is 4.39 Å². The largest absolute Gasteiger partial charge is 0.497 e. The molecule has 2 aromatic rings. The van der Waals surface area contributed by atoms with Crippen molar-refractivity contribution in [1.82, 2.24) is 0 Å². The third-order valence-corrected chi connectivity index (χ3v) is 3.48. The fourth-order valence-electron chi connectivity index (χ4n) is 1.82. The Morgan fingerprint density at radius 1 is 1.11 bits per heavy atom. The average Bonchev–Trinajstić information content (AvgIpc) is 2.41. The summed E-state index contributed by atoms with van der Waals surface area (Å²) in [5.41, 5.74) is 6.97. The zero-order chi connectivity index (χ0) is 14.0. The molecule has 19 heavy (non-hydrogen) atoms. The zero-order valence-electron chi connectivity index (χ0n) is 10.2. The van der Waals surface area contributed by atoms with Crippen LogP contribution in [0.2, 0.25) is 10.0 Å². The van der Waals surface area contributed by atoms with E-state index in [-0.39, 0.29) is 5.02 Å². The maximum absolute atomic E-state index is 13.9. The molecule has 0 aromatic heterocycles. The highest BCUT2D eigenvalue weighted by Gasteiger charge is 2.18. The molecule has 0 fully saturated rings. The summed E-state index contributed by atoms with van der Waals surface area (Å²) >= 11 is 11.9. The Hall–Kier alpha value is -1.29. The standard InChI is InChI=1S/C14H12Cl2FNO/c1-19-8-5-6-9(12(16)7-8)14(18)10-3-2-4-11(15)13(10)17/h2-7,14H,18H2,1H3. The van der Waals surface area contributed by atoms with Gasteiger partial charge in [-0.1, -0.05) is 41.4 Å². The topological polar surface area (TPSA) is 35.2 Å². The van der Waals surface area contributed by atoms with E-state index >= 15 is 0 Å². The number of ether oxygens (including phenoxy) is 1. The Balaban J connectivity index is 2.44. The molecular formula is C14H12Cl2FNO. The minimum atomic E-state index is -0.683. The molecule has 0 spiro atoms. The lowest BCUT2D eigenvalue weighted by atomic mass is 9.99. The van der Waals surface area contributed by atoms with Crippen molar-refractivity contribution < 1.29 is 9.13 Å². The van der Waals surface area contributed by atoms with Crippen LogP contribution >= 0.6 is 23.2 Å². The fourth-order valence-corrected chi connectivity index (χ4v) is 2.29. The van der Waals surface area contributed by atoms with Gasteiger partial charge in [-0.05, 0) is 23.8 Å². The summed E-state index contributed by atoms with van der Waals surface area (Å²) in [4.78, 5) is 0. The molecular weight excluding hydrogens is 288 g/mol. The molecule has 0 aliphatic carbocycles. The van der Waals surface area contributed by atoms with E-state index in [1.807, 2.05) is 0 Å². The number of benzene rings is 2. The van der Waals surface area contributed by atoms with Crippen LogP contribution in [0.4, 0.5) is 4.39 Å². The lowest BCUT2D eigenvalue weighted by Crippen LogP contribution is -2.14. The lowest BCUT2D eigenvalue weighted by Gasteiger charge is -2.16. The van der Waals surface area contributed by atoms with Crippen molar-refractivity contribution in [2.24, 2.45) is 5.73 Å². The molecule has 2 N–H and O–H groups in total. The predicted molar refractivity (Wildman–Crippen MR) is 75.4 cm³/mol. The van der Waals surface area contributed by atoms with Gasteiger partial charge < -0.3 is 10.5 Å². The molecule has 2 aromatic carbocycles. The molecule has 1 atom stereocenters. The average molecular weight is 300 g/mol. The first-order chi connectivity index (χ1) is 9.04. The first-order valence-electron chi connectivity index (χ1n) is 5.57. The lowest BCUT2D eigenvalue weighted by molar-refractivity contribution is 0.414. The van der Waals surface area contributed by atoms with Crippen molar-refractivity contribution in [1.29, 1.82) is 0 Å². The Morgan fingerprint density at radius 2 is 1.84 bits per heavy atom. The molecule has 0 aliphatic heterocycles. The second-order valence-electron chi connectivity index (χ2n) is 4.01. The van der Waals surface area contributed by atoms with E-state index in [4.69, 9.17) is 33.7 Å². The van der Waals surface area contributed by atoms with Crippen LogP contribution in [-0.2, 0) is 0 Å². The first kappa shape index (κ1) is 14.1. The Bertz CT molecular complexity index is 604. The number of halogens is 3. The molecule has 0 saturated heterocycles. The molecule has 0 heterocycles. The summed E-state index contributed by atoms with van der Waals surface area (Å²) < 4.78 is 19.0. The SMILES string of the molecule is COc1ccc(C(N)c2cccc(Cl)c2F)c(Cl)c1. The van der Waals surface area contributed by atoms with Crippen LogP contribution < -0.4 is 10.5 Å². The Labute approximate surface area is 120 Å². The molecule has 0 saturated carbocycles. The van der Waals surface area contributed by atoms with E-state index < -0.39 is 11.9 Å². The van der Waals surface area contributed by atoms with Gasteiger partial charge in [-0.15, -0.1) is 0 Å². The van der Waals surface area contributed by atoms with Crippen LogP contribution in [0, 0.1) is 5.82 Å². The molecule has 2 nitrogen and oxygen atoms in total. The summed E-state index contributed by atoms with van der Waals surface area (Å²) in [6.45, 7) is 0. The molecule has 0 bridgehead atoms. The van der Waals surface area contributed by atoms with Crippen molar-refractivity contribution in [2.45, 2.75) is 6.04 Å². The van der Waals surface area contributed by atoms with Crippen molar-refractivity contribution in [3.8, 4) is 5.75 Å². The van der Waals surface area contributed by atoms with Gasteiger partial charge in [-0.3, -0.25) is 0 Å². The highest BCUT2D eigenvalue weighted by atomic mass is 35.5. The van der Waals surface area contributed by atoms with E-state index in [0.29, 0.717) is 21.9 Å². The smallest absolute Gasteiger partial charge is 0.146 e. The van der Waals surface area contributed by atoms with E-state index in [0.717, 1.165) is 0 Å². The van der Waals surface area contributed by atoms with Gasteiger partial charge in [0, 0.05) is 10.6 Å². The maximum atomic E-state index is 13.9. The van der Waals surface area contributed by atoms with Crippen molar-refractivity contribution in [3.05, 3.63) is 63.4 Å². The monoisotopic (exact) mass is 299 g/mol. The van der Waals surface area contributed by atoms with E-state index in [2.05, 4.69) is 0 Å². The van der Waals surface area contributed by atoms with E-state index in [9.17, 15) is 4.39 Å². The van der Waals surface area contributed by atoms with Crippen LogP contribution in [0.1, 0.15) is 17.2 Å². The van der Waals surface area contributed by atoms with Crippen molar-refractivity contribution in [2.75, 3.05) is 7.11 Å². The highest BCUT2D eigenvalue weighted by Crippen LogP contribution is 2.32. The van der Waals surface area contributed by atoms with Crippen LogP contribution in [0.15, 0.2) is 36.4 Å². The summed E-state index contributed by atoms with van der Waals surface area (Å²) in [5.74, 6) is 0.0936. The minimum absolute atomic E-state index is 0.0394. The van der Waals surface area contributed by atoms with Crippen LogP contribution in [0.5, 0.6) is 5.75 Å². The van der Waals surface area contributed by atoms with Gasteiger partial charge >= 0.3 is 0 Å². The third kappa shape index (κ3) is 2.84. The van der Waals surface area contributed by atoms with E-state index in [1.54, 1.807) is 37.4 Å². The number of nitrogens with two attached hydrogens (primary N) is 1. The quantitative estimate of drug-likeness (QED) is 0.922. The molecule has 0 amide bonds. The number of methoxy groups -OCH3 is 1. The molecule has 100 valence electrons. The fraction of sp³-hybridized carbons (Fsp3) is 0.143. The third-order valence-electron chi connectivity index (χ3n) is 2.86. The zero-order valence-corrected chi connectivity index (χ0v) is 11.7. The van der Waals surface area contributed by atoms with Crippen molar-refractivity contribution >= 4 is 23.2 Å². The van der Waals surface area contributed by atoms with Gasteiger partial charge in [0.1, 0.15) is 11.6 Å². The maximum Gasteiger partial charge on any atom is 0.146 e. The second-order valence-corrected chi connectivity index (χ2v) is 4.82. The van der Waals surface area contributed by atoms with Crippen LogP contribution in [-0.4, -0.2) is 7.11 Å².